The van der Waals surface area contributed by atoms with Crippen LogP contribution >= 0.6 is 22.9 Å². The Bertz CT molecular complexity index is 879. The van der Waals surface area contributed by atoms with Crippen LogP contribution in [0, 0.1) is 23.6 Å². The van der Waals surface area contributed by atoms with Crippen molar-refractivity contribution in [3.8, 4) is 0 Å². The summed E-state index contributed by atoms with van der Waals surface area (Å²) in [4.78, 5) is 16.9. The van der Waals surface area contributed by atoms with E-state index in [2.05, 4.69) is 4.90 Å². The van der Waals surface area contributed by atoms with Crippen molar-refractivity contribution in [2.45, 2.75) is 51.0 Å². The number of rotatable bonds is 2. The first-order valence-electron chi connectivity index (χ1n) is 10.4. The molecule has 2 heterocycles. The van der Waals surface area contributed by atoms with Crippen molar-refractivity contribution in [2.24, 2.45) is 17.8 Å². The maximum atomic E-state index is 13.6. The standard InChI is InChI=1S/C23H25ClFNOS/c24-21-13-19-20(28-21)10-11-26(22(19)15-6-8-18(25)9-7-15)23(27)17-5-4-14-2-1-3-16(14)12-17/h6-9,13-14,16-17,22H,1-5,10-12H2. The molecule has 0 N–H and O–H groups in total. The number of hydrogen-bond acceptors (Lipinski definition) is 2. The summed E-state index contributed by atoms with van der Waals surface area (Å²) >= 11 is 7.93. The molecule has 0 saturated heterocycles. The van der Waals surface area contributed by atoms with Crippen molar-refractivity contribution in [1.29, 1.82) is 0 Å². The molecule has 5 heteroatoms. The van der Waals surface area contributed by atoms with Crippen molar-refractivity contribution in [1.82, 2.24) is 4.90 Å². The summed E-state index contributed by atoms with van der Waals surface area (Å²) in [6, 6.07) is 8.46. The maximum Gasteiger partial charge on any atom is 0.226 e. The van der Waals surface area contributed by atoms with Gasteiger partial charge in [-0.2, -0.15) is 0 Å². The van der Waals surface area contributed by atoms with Crippen LogP contribution in [0.2, 0.25) is 4.34 Å². The number of halogens is 2. The van der Waals surface area contributed by atoms with Crippen LogP contribution in [0.4, 0.5) is 4.39 Å². The van der Waals surface area contributed by atoms with E-state index in [4.69, 9.17) is 11.6 Å². The Morgan fingerprint density at radius 1 is 1.11 bits per heavy atom. The Hall–Kier alpha value is -1.39. The van der Waals surface area contributed by atoms with Crippen LogP contribution in [0.25, 0.3) is 0 Å². The molecule has 148 valence electrons. The average molecular weight is 418 g/mol. The SMILES string of the molecule is O=C(C1CCC2CCCC2C1)N1CCc2sc(Cl)cc2C1c1ccc(F)cc1. The molecular weight excluding hydrogens is 393 g/mol. The lowest BCUT2D eigenvalue weighted by atomic mass is 9.75. The minimum Gasteiger partial charge on any atom is -0.331 e. The maximum absolute atomic E-state index is 13.6. The summed E-state index contributed by atoms with van der Waals surface area (Å²) in [5.74, 6) is 1.76. The molecule has 3 aliphatic rings. The third kappa shape index (κ3) is 3.29. The molecule has 0 bridgehead atoms. The summed E-state index contributed by atoms with van der Waals surface area (Å²) < 4.78 is 14.3. The topological polar surface area (TPSA) is 20.3 Å². The fourth-order valence-electron chi connectivity index (χ4n) is 5.76. The van der Waals surface area contributed by atoms with Gasteiger partial charge in [0.05, 0.1) is 10.4 Å². The molecule has 5 rings (SSSR count). The molecule has 0 radical (unpaired) electrons. The average Bonchev–Trinajstić information content (AvgIpc) is 3.32. The van der Waals surface area contributed by atoms with Gasteiger partial charge in [-0.25, -0.2) is 4.39 Å². The first kappa shape index (κ1) is 18.6. The lowest BCUT2D eigenvalue weighted by Crippen LogP contribution is -2.44. The largest absolute Gasteiger partial charge is 0.331 e. The molecule has 2 aromatic rings. The minimum absolute atomic E-state index is 0.137. The van der Waals surface area contributed by atoms with E-state index in [0.717, 1.165) is 53.1 Å². The van der Waals surface area contributed by atoms with Gasteiger partial charge in [-0.1, -0.05) is 43.0 Å². The zero-order valence-corrected chi connectivity index (χ0v) is 17.4. The van der Waals surface area contributed by atoms with Crippen molar-refractivity contribution in [3.05, 3.63) is 56.5 Å². The molecule has 4 atom stereocenters. The number of thiophene rings is 1. The van der Waals surface area contributed by atoms with E-state index in [9.17, 15) is 9.18 Å². The van der Waals surface area contributed by atoms with E-state index in [0.29, 0.717) is 0 Å². The van der Waals surface area contributed by atoms with Crippen LogP contribution in [0.15, 0.2) is 30.3 Å². The van der Waals surface area contributed by atoms with E-state index in [1.165, 1.54) is 42.7 Å². The second kappa shape index (κ2) is 7.46. The molecule has 1 aromatic carbocycles. The molecule has 1 aromatic heterocycles. The van der Waals surface area contributed by atoms with Gasteiger partial charge >= 0.3 is 0 Å². The van der Waals surface area contributed by atoms with Crippen molar-refractivity contribution in [3.63, 3.8) is 0 Å². The molecule has 1 amide bonds. The zero-order chi connectivity index (χ0) is 19.3. The quantitative estimate of drug-likeness (QED) is 0.567. The monoisotopic (exact) mass is 417 g/mol. The van der Waals surface area contributed by atoms with Crippen LogP contribution in [0.1, 0.15) is 60.6 Å². The highest BCUT2D eigenvalue weighted by molar-refractivity contribution is 7.16. The highest BCUT2D eigenvalue weighted by Gasteiger charge is 2.41. The van der Waals surface area contributed by atoms with Crippen LogP contribution in [-0.2, 0) is 11.2 Å². The fraction of sp³-hybridized carbons (Fsp3) is 0.522. The Morgan fingerprint density at radius 3 is 2.71 bits per heavy atom. The second-order valence-corrected chi connectivity index (χ2v) is 10.4. The molecule has 0 spiro atoms. The van der Waals surface area contributed by atoms with Gasteiger partial charge in [0, 0.05) is 17.3 Å². The number of carbonyl (C=O) groups is 1. The third-order valence-electron chi connectivity index (χ3n) is 7.11. The summed E-state index contributed by atoms with van der Waals surface area (Å²) in [5.41, 5.74) is 2.09. The summed E-state index contributed by atoms with van der Waals surface area (Å²) in [6.45, 7) is 0.718. The molecule has 1 aliphatic heterocycles. The molecule has 4 unspecified atom stereocenters. The Labute approximate surface area is 174 Å². The number of nitrogens with zero attached hydrogens (tertiary/aromatic N) is 1. The highest BCUT2D eigenvalue weighted by atomic mass is 35.5. The molecule has 2 aliphatic carbocycles. The second-order valence-electron chi connectivity index (χ2n) is 8.63. The zero-order valence-electron chi connectivity index (χ0n) is 15.9. The van der Waals surface area contributed by atoms with Gasteiger partial charge in [0.1, 0.15) is 5.82 Å². The minimum atomic E-state index is -0.249. The number of hydrogen-bond donors (Lipinski definition) is 0. The number of fused-ring (bicyclic) bond motifs is 2. The number of benzene rings is 1. The molecule has 2 nitrogen and oxygen atoms in total. The summed E-state index contributed by atoms with van der Waals surface area (Å²) in [5, 5.41) is 0. The van der Waals surface area contributed by atoms with Crippen molar-refractivity contribution >= 4 is 28.8 Å². The predicted molar refractivity (Wildman–Crippen MR) is 111 cm³/mol. The highest BCUT2D eigenvalue weighted by Crippen LogP contribution is 2.47. The van der Waals surface area contributed by atoms with Gasteiger partial charge in [0.2, 0.25) is 5.91 Å². The normalized spacial score (nSPS) is 29.4. The van der Waals surface area contributed by atoms with E-state index >= 15 is 0 Å². The number of amides is 1. The van der Waals surface area contributed by atoms with Crippen LogP contribution < -0.4 is 0 Å². The Kier molecular flexibility index (Phi) is 4.96. The van der Waals surface area contributed by atoms with Gasteiger partial charge in [0.15, 0.2) is 0 Å². The van der Waals surface area contributed by atoms with E-state index in [-0.39, 0.29) is 23.7 Å². The fourth-order valence-corrected chi connectivity index (χ4v) is 7.06. The van der Waals surface area contributed by atoms with Gasteiger partial charge in [-0.3, -0.25) is 4.79 Å². The van der Waals surface area contributed by atoms with Gasteiger partial charge in [-0.05, 0) is 66.8 Å². The van der Waals surface area contributed by atoms with Gasteiger partial charge in [0.25, 0.3) is 0 Å². The van der Waals surface area contributed by atoms with Gasteiger partial charge < -0.3 is 4.90 Å². The Balaban J connectivity index is 1.46. The third-order valence-corrected chi connectivity index (χ3v) is 8.45. The summed E-state index contributed by atoms with van der Waals surface area (Å²) in [7, 11) is 0. The van der Waals surface area contributed by atoms with Crippen LogP contribution in [-0.4, -0.2) is 17.4 Å². The summed E-state index contributed by atoms with van der Waals surface area (Å²) in [6.07, 6.45) is 8.09. The number of carbonyl (C=O) groups excluding carboxylic acids is 1. The molecular formula is C23H25ClFNOS. The van der Waals surface area contributed by atoms with Gasteiger partial charge in [-0.15, -0.1) is 11.3 Å². The molecule has 2 saturated carbocycles. The van der Waals surface area contributed by atoms with Crippen LogP contribution in [0.5, 0.6) is 0 Å². The van der Waals surface area contributed by atoms with E-state index in [1.807, 2.05) is 18.2 Å². The van der Waals surface area contributed by atoms with E-state index in [1.54, 1.807) is 11.3 Å². The predicted octanol–water partition coefficient (Wildman–Crippen LogP) is 6.23. The van der Waals surface area contributed by atoms with Crippen molar-refractivity contribution in [2.75, 3.05) is 6.54 Å². The molecule has 28 heavy (non-hydrogen) atoms. The smallest absolute Gasteiger partial charge is 0.226 e. The lowest BCUT2D eigenvalue weighted by molar-refractivity contribution is -0.139. The first-order valence-corrected chi connectivity index (χ1v) is 11.6. The Morgan fingerprint density at radius 2 is 1.89 bits per heavy atom. The van der Waals surface area contributed by atoms with Crippen LogP contribution in [0.3, 0.4) is 0 Å². The van der Waals surface area contributed by atoms with Crippen molar-refractivity contribution < 1.29 is 9.18 Å². The van der Waals surface area contributed by atoms with E-state index < -0.39 is 0 Å². The first-order chi connectivity index (χ1) is 13.6. The lowest BCUT2D eigenvalue weighted by Gasteiger charge is -2.40. The molecule has 2 fully saturated rings.